The fourth-order valence-electron chi connectivity index (χ4n) is 2.38. The molecule has 0 bridgehead atoms. The van der Waals surface area contributed by atoms with Crippen LogP contribution in [0, 0.1) is 5.92 Å². The maximum absolute atomic E-state index is 11.2. The van der Waals surface area contributed by atoms with E-state index in [0.717, 1.165) is 25.6 Å². The summed E-state index contributed by atoms with van der Waals surface area (Å²) in [6.45, 7) is 9.07. The molecule has 1 saturated heterocycles. The number of likely N-dealkylation sites (tertiary alicyclic amines) is 1. The quantitative estimate of drug-likeness (QED) is 0.685. The second-order valence-corrected chi connectivity index (χ2v) is 4.66. The predicted molar refractivity (Wildman–Crippen MR) is 61.5 cm³/mol. The Morgan fingerprint density at radius 2 is 2.27 bits per heavy atom. The van der Waals surface area contributed by atoms with E-state index in [0.29, 0.717) is 6.04 Å². The number of rotatable bonds is 5. The lowest BCUT2D eigenvalue weighted by Crippen LogP contribution is -2.49. The first-order chi connectivity index (χ1) is 7.04. The first kappa shape index (κ1) is 12.5. The highest BCUT2D eigenvalue weighted by molar-refractivity contribution is 5.80. The smallest absolute Gasteiger partial charge is 0.235 e. The minimum atomic E-state index is -0.247. The van der Waals surface area contributed by atoms with Gasteiger partial charge < -0.3 is 11.1 Å². The van der Waals surface area contributed by atoms with E-state index in [9.17, 15) is 4.79 Å². The molecule has 4 heteroatoms. The highest BCUT2D eigenvalue weighted by Gasteiger charge is 2.29. The molecule has 0 saturated carbocycles. The Balaban J connectivity index is 2.47. The largest absolute Gasteiger partial charge is 0.368 e. The summed E-state index contributed by atoms with van der Waals surface area (Å²) in [5.74, 6) is 0.485. The number of nitrogens with zero attached hydrogens (tertiary/aromatic N) is 1. The Hall–Kier alpha value is -0.610. The second kappa shape index (κ2) is 5.47. The molecule has 1 aliphatic heterocycles. The van der Waals surface area contributed by atoms with E-state index in [-0.39, 0.29) is 11.9 Å². The first-order valence-corrected chi connectivity index (χ1v) is 5.81. The zero-order chi connectivity index (χ0) is 11.4. The van der Waals surface area contributed by atoms with Gasteiger partial charge in [0, 0.05) is 19.1 Å². The fourth-order valence-corrected chi connectivity index (χ4v) is 2.38. The highest BCUT2D eigenvalue weighted by Crippen LogP contribution is 2.22. The number of hydrogen-bond donors (Lipinski definition) is 2. The first-order valence-electron chi connectivity index (χ1n) is 5.81. The van der Waals surface area contributed by atoms with Crippen LogP contribution in [0.5, 0.6) is 0 Å². The maximum atomic E-state index is 11.2. The van der Waals surface area contributed by atoms with Crippen LogP contribution >= 0.6 is 0 Å². The molecule has 1 fully saturated rings. The minimum absolute atomic E-state index is 0.206. The summed E-state index contributed by atoms with van der Waals surface area (Å²) >= 11 is 0. The van der Waals surface area contributed by atoms with Crippen molar-refractivity contribution in [2.45, 2.75) is 39.3 Å². The van der Waals surface area contributed by atoms with Gasteiger partial charge in [-0.1, -0.05) is 13.8 Å². The van der Waals surface area contributed by atoms with Crippen molar-refractivity contribution in [2.75, 3.05) is 19.6 Å². The Kier molecular flexibility index (Phi) is 4.54. The van der Waals surface area contributed by atoms with Crippen LogP contribution < -0.4 is 11.1 Å². The number of carbonyl (C=O) groups is 1. The number of carbonyl (C=O) groups excluding carboxylic acids is 1. The SMILES string of the molecule is CCNC(CN1CC(C)CC1C)C(N)=O. The third-order valence-electron chi connectivity index (χ3n) is 3.12. The van der Waals surface area contributed by atoms with E-state index in [4.69, 9.17) is 5.73 Å². The molecule has 0 aromatic heterocycles. The molecule has 0 spiro atoms. The van der Waals surface area contributed by atoms with Gasteiger partial charge in [-0.25, -0.2) is 0 Å². The number of nitrogens with one attached hydrogen (secondary N) is 1. The number of amides is 1. The van der Waals surface area contributed by atoms with Crippen molar-refractivity contribution in [2.24, 2.45) is 11.7 Å². The number of likely N-dealkylation sites (N-methyl/N-ethyl adjacent to an activating group) is 1. The van der Waals surface area contributed by atoms with Gasteiger partial charge in [0.2, 0.25) is 5.91 Å². The predicted octanol–water partition coefficient (Wildman–Crippen LogP) is 0.180. The van der Waals surface area contributed by atoms with Gasteiger partial charge in [0.1, 0.15) is 0 Å². The van der Waals surface area contributed by atoms with E-state index >= 15 is 0 Å². The molecular weight excluding hydrogens is 190 g/mol. The van der Waals surface area contributed by atoms with Crippen molar-refractivity contribution in [3.05, 3.63) is 0 Å². The Labute approximate surface area is 92.2 Å². The normalized spacial score (nSPS) is 29.3. The zero-order valence-corrected chi connectivity index (χ0v) is 9.99. The van der Waals surface area contributed by atoms with Gasteiger partial charge in [-0.05, 0) is 25.8 Å². The average Bonchev–Trinajstić information content (AvgIpc) is 2.44. The van der Waals surface area contributed by atoms with E-state index in [1.165, 1.54) is 6.42 Å². The molecule has 1 heterocycles. The van der Waals surface area contributed by atoms with Crippen molar-refractivity contribution < 1.29 is 4.79 Å². The zero-order valence-electron chi connectivity index (χ0n) is 9.99. The molecule has 1 amide bonds. The second-order valence-electron chi connectivity index (χ2n) is 4.66. The molecule has 3 N–H and O–H groups in total. The van der Waals surface area contributed by atoms with Gasteiger partial charge >= 0.3 is 0 Å². The van der Waals surface area contributed by atoms with E-state index in [2.05, 4.69) is 24.1 Å². The molecule has 1 rings (SSSR count). The minimum Gasteiger partial charge on any atom is -0.368 e. The summed E-state index contributed by atoms with van der Waals surface area (Å²) in [5.41, 5.74) is 5.35. The average molecular weight is 213 g/mol. The molecule has 3 unspecified atom stereocenters. The lowest BCUT2D eigenvalue weighted by molar-refractivity contribution is -0.120. The molecule has 0 aromatic rings. The van der Waals surface area contributed by atoms with Crippen LogP contribution in [-0.2, 0) is 4.79 Å². The molecule has 1 aliphatic rings. The molecule has 0 aliphatic carbocycles. The molecule has 4 nitrogen and oxygen atoms in total. The Morgan fingerprint density at radius 3 is 2.67 bits per heavy atom. The van der Waals surface area contributed by atoms with Crippen LogP contribution in [0.15, 0.2) is 0 Å². The molecule has 0 radical (unpaired) electrons. The summed E-state index contributed by atoms with van der Waals surface area (Å²) in [4.78, 5) is 13.5. The van der Waals surface area contributed by atoms with Crippen LogP contribution in [0.2, 0.25) is 0 Å². The van der Waals surface area contributed by atoms with Crippen LogP contribution in [0.4, 0.5) is 0 Å². The van der Waals surface area contributed by atoms with Crippen molar-refractivity contribution in [3.8, 4) is 0 Å². The van der Waals surface area contributed by atoms with Crippen LogP contribution in [0.25, 0.3) is 0 Å². The van der Waals surface area contributed by atoms with Gasteiger partial charge in [0.25, 0.3) is 0 Å². The van der Waals surface area contributed by atoms with E-state index in [1.54, 1.807) is 0 Å². The Morgan fingerprint density at radius 1 is 1.60 bits per heavy atom. The third-order valence-corrected chi connectivity index (χ3v) is 3.12. The molecule has 15 heavy (non-hydrogen) atoms. The topological polar surface area (TPSA) is 58.4 Å². The fraction of sp³-hybridized carbons (Fsp3) is 0.909. The van der Waals surface area contributed by atoms with Gasteiger partial charge in [-0.2, -0.15) is 0 Å². The van der Waals surface area contributed by atoms with Crippen LogP contribution in [0.3, 0.4) is 0 Å². The molecule has 3 atom stereocenters. The summed E-state index contributed by atoms with van der Waals surface area (Å²) in [5, 5.41) is 3.13. The van der Waals surface area contributed by atoms with Crippen molar-refractivity contribution in [1.82, 2.24) is 10.2 Å². The summed E-state index contributed by atoms with van der Waals surface area (Å²) < 4.78 is 0. The van der Waals surface area contributed by atoms with Crippen LogP contribution in [0.1, 0.15) is 27.2 Å². The lowest BCUT2D eigenvalue weighted by Gasteiger charge is -2.25. The van der Waals surface area contributed by atoms with E-state index < -0.39 is 0 Å². The van der Waals surface area contributed by atoms with E-state index in [1.807, 2.05) is 6.92 Å². The highest BCUT2D eigenvalue weighted by atomic mass is 16.1. The number of nitrogens with two attached hydrogens (primary N) is 1. The Bertz CT molecular complexity index is 220. The maximum Gasteiger partial charge on any atom is 0.235 e. The lowest BCUT2D eigenvalue weighted by atomic mass is 10.1. The molecular formula is C11H23N3O. The van der Waals surface area contributed by atoms with Crippen molar-refractivity contribution in [3.63, 3.8) is 0 Å². The summed E-state index contributed by atoms with van der Waals surface area (Å²) in [6.07, 6.45) is 1.22. The summed E-state index contributed by atoms with van der Waals surface area (Å²) in [7, 11) is 0. The third kappa shape index (κ3) is 3.47. The number of hydrogen-bond acceptors (Lipinski definition) is 3. The molecule has 88 valence electrons. The summed E-state index contributed by atoms with van der Waals surface area (Å²) in [6, 6.07) is 0.364. The van der Waals surface area contributed by atoms with Crippen molar-refractivity contribution in [1.29, 1.82) is 0 Å². The molecule has 0 aromatic carbocycles. The number of primary amides is 1. The van der Waals surface area contributed by atoms with Gasteiger partial charge in [0.05, 0.1) is 6.04 Å². The monoisotopic (exact) mass is 213 g/mol. The van der Waals surface area contributed by atoms with Crippen molar-refractivity contribution >= 4 is 5.91 Å². The standard InChI is InChI=1S/C11H23N3O/c1-4-13-10(11(12)15)7-14-6-8(2)5-9(14)3/h8-10,13H,4-7H2,1-3H3,(H2,12,15). The van der Waals surface area contributed by atoms with Crippen LogP contribution in [-0.4, -0.2) is 42.5 Å². The van der Waals surface area contributed by atoms with Gasteiger partial charge in [-0.15, -0.1) is 0 Å². The van der Waals surface area contributed by atoms with Gasteiger partial charge in [-0.3, -0.25) is 9.69 Å². The van der Waals surface area contributed by atoms with Gasteiger partial charge in [0.15, 0.2) is 0 Å².